The number of phenolic OH excluding ortho intramolecular Hbond substituents is 2. The molecule has 4 nitrogen and oxygen atoms in total. The molecule has 0 saturated carbocycles. The summed E-state index contributed by atoms with van der Waals surface area (Å²) in [6, 6.07) is 1.53. The first kappa shape index (κ1) is 13.5. The molecule has 4 heteroatoms. The molecule has 2 atom stereocenters. The SMILES string of the molecule is CC(=O)c1cc(C(C)C(C)O)c(C)c(O)c1O. The van der Waals surface area contributed by atoms with Gasteiger partial charge in [0.25, 0.3) is 0 Å². The minimum atomic E-state index is -0.600. The highest BCUT2D eigenvalue weighted by Crippen LogP contribution is 2.38. The molecule has 0 fully saturated rings. The average Bonchev–Trinajstić information content (AvgIpc) is 2.24. The molecule has 2 unspecified atom stereocenters. The number of carbonyl (C=O) groups excluding carboxylic acids is 1. The van der Waals surface area contributed by atoms with Crippen LogP contribution in [-0.4, -0.2) is 27.2 Å². The topological polar surface area (TPSA) is 77.8 Å². The van der Waals surface area contributed by atoms with Crippen molar-refractivity contribution in [2.24, 2.45) is 0 Å². The molecule has 94 valence electrons. The summed E-state index contributed by atoms with van der Waals surface area (Å²) in [6.07, 6.45) is -0.600. The van der Waals surface area contributed by atoms with Gasteiger partial charge in [-0.3, -0.25) is 4.79 Å². The predicted octanol–water partition coefficient (Wildman–Crippen LogP) is 2.09. The Morgan fingerprint density at radius 3 is 2.18 bits per heavy atom. The number of ketones is 1. The summed E-state index contributed by atoms with van der Waals surface area (Å²) in [7, 11) is 0. The highest BCUT2D eigenvalue weighted by Gasteiger charge is 2.21. The predicted molar refractivity (Wildman–Crippen MR) is 64.6 cm³/mol. The third kappa shape index (κ3) is 2.42. The molecule has 0 aliphatic heterocycles. The summed E-state index contributed by atoms with van der Waals surface area (Å²) >= 11 is 0. The molecule has 0 aromatic heterocycles. The van der Waals surface area contributed by atoms with Crippen LogP contribution in [-0.2, 0) is 0 Å². The van der Waals surface area contributed by atoms with Gasteiger partial charge in [-0.1, -0.05) is 6.92 Å². The van der Waals surface area contributed by atoms with Crippen molar-refractivity contribution in [2.75, 3.05) is 0 Å². The van der Waals surface area contributed by atoms with E-state index in [1.807, 2.05) is 0 Å². The Morgan fingerprint density at radius 1 is 1.24 bits per heavy atom. The fraction of sp³-hybridized carbons (Fsp3) is 0.462. The number of carbonyl (C=O) groups is 1. The van der Waals surface area contributed by atoms with E-state index >= 15 is 0 Å². The largest absolute Gasteiger partial charge is 0.504 e. The van der Waals surface area contributed by atoms with E-state index in [4.69, 9.17) is 0 Å². The molecule has 17 heavy (non-hydrogen) atoms. The van der Waals surface area contributed by atoms with Crippen LogP contribution in [0.3, 0.4) is 0 Å². The van der Waals surface area contributed by atoms with E-state index in [-0.39, 0.29) is 23.0 Å². The van der Waals surface area contributed by atoms with Gasteiger partial charge in [-0.25, -0.2) is 0 Å². The maximum Gasteiger partial charge on any atom is 0.168 e. The van der Waals surface area contributed by atoms with Gasteiger partial charge < -0.3 is 15.3 Å². The summed E-state index contributed by atoms with van der Waals surface area (Å²) in [5.74, 6) is -1.23. The van der Waals surface area contributed by atoms with Crippen LogP contribution in [0, 0.1) is 6.92 Å². The van der Waals surface area contributed by atoms with Crippen molar-refractivity contribution < 1.29 is 20.1 Å². The summed E-state index contributed by atoms with van der Waals surface area (Å²) in [6.45, 7) is 6.41. The first-order valence-electron chi connectivity index (χ1n) is 5.51. The van der Waals surface area contributed by atoms with Crippen LogP contribution < -0.4 is 0 Å². The van der Waals surface area contributed by atoms with Gasteiger partial charge in [0, 0.05) is 5.92 Å². The van der Waals surface area contributed by atoms with Crippen molar-refractivity contribution in [2.45, 2.75) is 39.7 Å². The number of aromatic hydroxyl groups is 2. The smallest absolute Gasteiger partial charge is 0.168 e. The summed E-state index contributed by atoms with van der Waals surface area (Å²) in [5.41, 5.74) is 1.23. The lowest BCUT2D eigenvalue weighted by molar-refractivity contribution is 0.101. The molecular weight excluding hydrogens is 220 g/mol. The lowest BCUT2D eigenvalue weighted by Crippen LogP contribution is -2.13. The van der Waals surface area contributed by atoms with Crippen molar-refractivity contribution in [1.29, 1.82) is 0 Å². The fourth-order valence-electron chi connectivity index (χ4n) is 1.78. The average molecular weight is 238 g/mol. The van der Waals surface area contributed by atoms with Crippen LogP contribution in [0.5, 0.6) is 11.5 Å². The van der Waals surface area contributed by atoms with Crippen molar-refractivity contribution >= 4 is 5.78 Å². The van der Waals surface area contributed by atoms with Crippen LogP contribution in [0.1, 0.15) is 48.2 Å². The zero-order valence-corrected chi connectivity index (χ0v) is 10.5. The maximum absolute atomic E-state index is 11.3. The van der Waals surface area contributed by atoms with Crippen LogP contribution in [0.2, 0.25) is 0 Å². The second kappa shape index (κ2) is 4.75. The molecule has 0 saturated heterocycles. The number of aliphatic hydroxyl groups is 1. The molecule has 0 heterocycles. The Bertz CT molecular complexity index is 449. The molecule has 0 aliphatic carbocycles. The normalized spacial score (nSPS) is 14.4. The molecular formula is C13H18O4. The van der Waals surface area contributed by atoms with E-state index in [1.54, 1.807) is 20.8 Å². The molecule has 0 spiro atoms. The molecule has 1 aromatic carbocycles. The maximum atomic E-state index is 11.3. The monoisotopic (exact) mass is 238 g/mol. The van der Waals surface area contributed by atoms with E-state index in [1.165, 1.54) is 13.0 Å². The van der Waals surface area contributed by atoms with Crippen LogP contribution in [0.4, 0.5) is 0 Å². The van der Waals surface area contributed by atoms with Gasteiger partial charge >= 0.3 is 0 Å². The van der Waals surface area contributed by atoms with Gasteiger partial charge in [-0.05, 0) is 38.0 Å². The fourth-order valence-corrected chi connectivity index (χ4v) is 1.78. The molecule has 1 rings (SSSR count). The second-order valence-corrected chi connectivity index (χ2v) is 4.42. The minimum absolute atomic E-state index is 0.0793. The van der Waals surface area contributed by atoms with Gasteiger partial charge in [0.2, 0.25) is 0 Å². The number of aliphatic hydroxyl groups excluding tert-OH is 1. The number of hydrogen-bond donors (Lipinski definition) is 3. The Hall–Kier alpha value is -1.55. The summed E-state index contributed by atoms with van der Waals surface area (Å²) in [5, 5.41) is 29.0. The Balaban J connectivity index is 3.47. The van der Waals surface area contributed by atoms with Crippen LogP contribution in [0.25, 0.3) is 0 Å². The number of phenols is 2. The zero-order chi connectivity index (χ0) is 13.3. The Kier molecular flexibility index (Phi) is 3.78. The third-order valence-corrected chi connectivity index (χ3v) is 3.16. The summed E-state index contributed by atoms with van der Waals surface area (Å²) in [4.78, 5) is 11.3. The molecule has 1 aromatic rings. The van der Waals surface area contributed by atoms with E-state index in [0.717, 1.165) is 0 Å². The van der Waals surface area contributed by atoms with Crippen molar-refractivity contribution in [3.05, 3.63) is 22.8 Å². The lowest BCUT2D eigenvalue weighted by atomic mass is 9.89. The van der Waals surface area contributed by atoms with Crippen LogP contribution in [0.15, 0.2) is 6.07 Å². The molecule has 0 radical (unpaired) electrons. The Morgan fingerprint density at radius 2 is 1.76 bits per heavy atom. The van der Waals surface area contributed by atoms with Gasteiger partial charge in [-0.2, -0.15) is 0 Å². The minimum Gasteiger partial charge on any atom is -0.504 e. The zero-order valence-electron chi connectivity index (χ0n) is 10.5. The van der Waals surface area contributed by atoms with Crippen LogP contribution >= 0.6 is 0 Å². The van der Waals surface area contributed by atoms with Gasteiger partial charge in [0.1, 0.15) is 0 Å². The standard InChI is InChI=1S/C13H18O4/c1-6(8(3)14)10-5-11(9(4)15)13(17)12(16)7(10)2/h5-6,8,14,16-17H,1-4H3. The first-order chi connectivity index (χ1) is 7.77. The van der Waals surface area contributed by atoms with Gasteiger partial charge in [0.15, 0.2) is 17.3 Å². The van der Waals surface area contributed by atoms with Gasteiger partial charge in [-0.15, -0.1) is 0 Å². The Labute approximate surface area is 101 Å². The quantitative estimate of drug-likeness (QED) is 0.556. The molecule has 0 aliphatic rings. The molecule has 0 amide bonds. The summed E-state index contributed by atoms with van der Waals surface area (Å²) < 4.78 is 0. The van der Waals surface area contributed by atoms with E-state index in [2.05, 4.69) is 0 Å². The third-order valence-electron chi connectivity index (χ3n) is 3.16. The number of benzene rings is 1. The molecule has 0 bridgehead atoms. The van der Waals surface area contributed by atoms with Crippen molar-refractivity contribution in [1.82, 2.24) is 0 Å². The van der Waals surface area contributed by atoms with Gasteiger partial charge in [0.05, 0.1) is 11.7 Å². The highest BCUT2D eigenvalue weighted by atomic mass is 16.3. The number of rotatable bonds is 3. The second-order valence-electron chi connectivity index (χ2n) is 4.42. The van der Waals surface area contributed by atoms with E-state index < -0.39 is 11.9 Å². The number of hydrogen-bond acceptors (Lipinski definition) is 4. The molecule has 3 N–H and O–H groups in total. The highest BCUT2D eigenvalue weighted by molar-refractivity contribution is 5.98. The van der Waals surface area contributed by atoms with Crippen molar-refractivity contribution in [3.63, 3.8) is 0 Å². The van der Waals surface area contributed by atoms with E-state index in [0.29, 0.717) is 11.1 Å². The van der Waals surface area contributed by atoms with E-state index in [9.17, 15) is 20.1 Å². The lowest BCUT2D eigenvalue weighted by Gasteiger charge is -2.20. The first-order valence-corrected chi connectivity index (χ1v) is 5.51. The number of Topliss-reactive ketones (excluding diaryl/α,β-unsaturated/α-hetero) is 1. The van der Waals surface area contributed by atoms with Crippen molar-refractivity contribution in [3.8, 4) is 11.5 Å².